The molecule has 2 aromatic heterocycles. The van der Waals surface area contributed by atoms with Crippen LogP contribution in [0.2, 0.25) is 0 Å². The largest absolute Gasteiger partial charge is 0.384 e. The lowest BCUT2D eigenvalue weighted by Crippen LogP contribution is -2.41. The lowest BCUT2D eigenvalue weighted by Gasteiger charge is -2.31. The molecule has 0 saturated carbocycles. The van der Waals surface area contributed by atoms with E-state index in [0.29, 0.717) is 30.7 Å². The number of H-pyrrole nitrogens is 1. The van der Waals surface area contributed by atoms with Gasteiger partial charge in [-0.3, -0.25) is 9.89 Å². The highest BCUT2D eigenvalue weighted by molar-refractivity contribution is 5.92. The van der Waals surface area contributed by atoms with Gasteiger partial charge in [0.25, 0.3) is 5.91 Å². The Morgan fingerprint density at radius 3 is 3.08 bits per heavy atom. The number of rotatable bonds is 6. The summed E-state index contributed by atoms with van der Waals surface area (Å²) in [5.41, 5.74) is 1.40. The highest BCUT2D eigenvalue weighted by Gasteiger charge is 2.26. The fourth-order valence-electron chi connectivity index (χ4n) is 3.47. The van der Waals surface area contributed by atoms with Gasteiger partial charge in [0.1, 0.15) is 11.5 Å². The van der Waals surface area contributed by atoms with Crippen LogP contribution in [0, 0.1) is 5.92 Å². The van der Waals surface area contributed by atoms with Gasteiger partial charge in [-0.2, -0.15) is 5.10 Å². The number of nitrogens with zero attached hydrogens (tertiary/aromatic N) is 4. The third-order valence-corrected chi connectivity index (χ3v) is 4.66. The van der Waals surface area contributed by atoms with Crippen molar-refractivity contribution in [2.45, 2.75) is 39.2 Å². The molecule has 0 bridgehead atoms. The fraction of sp³-hybridized carbons (Fsp3) is 0.611. The molecule has 1 aliphatic rings. The lowest BCUT2D eigenvalue weighted by molar-refractivity contribution is 0.0565. The summed E-state index contributed by atoms with van der Waals surface area (Å²) in [4.78, 5) is 19.0. The van der Waals surface area contributed by atoms with Gasteiger partial charge in [0.2, 0.25) is 0 Å². The second-order valence-electron chi connectivity index (χ2n) is 7.06. The van der Waals surface area contributed by atoms with Gasteiger partial charge in [0.15, 0.2) is 0 Å². The molecule has 1 aliphatic heterocycles. The van der Waals surface area contributed by atoms with Crippen molar-refractivity contribution in [2.75, 3.05) is 26.8 Å². The van der Waals surface area contributed by atoms with Crippen LogP contribution in [0.15, 0.2) is 18.5 Å². The van der Waals surface area contributed by atoms with Crippen LogP contribution in [0.3, 0.4) is 0 Å². The van der Waals surface area contributed by atoms with Gasteiger partial charge in [0, 0.05) is 38.5 Å². The van der Waals surface area contributed by atoms with Crippen LogP contribution in [-0.4, -0.2) is 57.4 Å². The van der Waals surface area contributed by atoms with E-state index in [1.165, 1.54) is 0 Å². The smallest absolute Gasteiger partial charge is 0.274 e. The predicted molar refractivity (Wildman–Crippen MR) is 94.5 cm³/mol. The number of piperidine rings is 1. The maximum atomic E-state index is 12.7. The normalized spacial score (nSPS) is 18.1. The first-order chi connectivity index (χ1) is 12.1. The Hall–Kier alpha value is -2.15. The predicted octanol–water partition coefficient (Wildman–Crippen LogP) is 2.28. The number of likely N-dealkylation sites (tertiary alicyclic amines) is 1. The molecule has 1 saturated heterocycles. The number of imidazole rings is 1. The van der Waals surface area contributed by atoms with Crippen molar-refractivity contribution in [3.05, 3.63) is 35.7 Å². The van der Waals surface area contributed by atoms with E-state index in [0.717, 1.165) is 37.4 Å². The highest BCUT2D eigenvalue weighted by Crippen LogP contribution is 2.19. The first-order valence-electron chi connectivity index (χ1n) is 8.92. The molecule has 3 heterocycles. The molecule has 1 unspecified atom stereocenters. The minimum absolute atomic E-state index is 0.00184. The highest BCUT2D eigenvalue weighted by atomic mass is 16.5. The second-order valence-corrected chi connectivity index (χ2v) is 7.06. The Balaban J connectivity index is 1.66. The number of aromatic nitrogens is 4. The quantitative estimate of drug-likeness (QED) is 0.871. The van der Waals surface area contributed by atoms with Crippen LogP contribution in [0.1, 0.15) is 54.6 Å². The maximum absolute atomic E-state index is 12.7. The van der Waals surface area contributed by atoms with E-state index >= 15 is 0 Å². The van der Waals surface area contributed by atoms with Crippen LogP contribution in [0.25, 0.3) is 0 Å². The summed E-state index contributed by atoms with van der Waals surface area (Å²) >= 11 is 0. The molecule has 1 N–H and O–H groups in total. The van der Waals surface area contributed by atoms with Gasteiger partial charge in [-0.1, -0.05) is 13.8 Å². The molecule has 1 atom stereocenters. The van der Waals surface area contributed by atoms with Crippen molar-refractivity contribution >= 4 is 5.91 Å². The van der Waals surface area contributed by atoms with Crippen LogP contribution in [0.5, 0.6) is 0 Å². The number of carbonyl (C=O) groups is 1. The van der Waals surface area contributed by atoms with E-state index in [1.807, 2.05) is 17.2 Å². The first-order valence-corrected chi connectivity index (χ1v) is 8.92. The Morgan fingerprint density at radius 1 is 1.48 bits per heavy atom. The first kappa shape index (κ1) is 17.7. The van der Waals surface area contributed by atoms with Gasteiger partial charge >= 0.3 is 0 Å². The number of amides is 1. The zero-order chi connectivity index (χ0) is 17.8. The van der Waals surface area contributed by atoms with Gasteiger partial charge in [-0.25, -0.2) is 4.98 Å². The second kappa shape index (κ2) is 7.82. The van der Waals surface area contributed by atoms with Crippen molar-refractivity contribution in [3.8, 4) is 0 Å². The number of hydrogen-bond acceptors (Lipinski definition) is 4. The Labute approximate surface area is 148 Å². The van der Waals surface area contributed by atoms with Gasteiger partial charge in [-0.15, -0.1) is 0 Å². The Bertz CT molecular complexity index is 704. The summed E-state index contributed by atoms with van der Waals surface area (Å²) in [7, 11) is 1.71. The number of ether oxygens (including phenoxy) is 1. The Morgan fingerprint density at radius 2 is 2.32 bits per heavy atom. The molecule has 7 nitrogen and oxygen atoms in total. The number of methoxy groups -OCH3 is 1. The van der Waals surface area contributed by atoms with Crippen molar-refractivity contribution in [1.82, 2.24) is 24.6 Å². The van der Waals surface area contributed by atoms with Gasteiger partial charge < -0.3 is 14.2 Å². The Kier molecular flexibility index (Phi) is 5.53. The van der Waals surface area contributed by atoms with E-state index in [9.17, 15) is 4.79 Å². The molecular formula is C18H27N5O2. The van der Waals surface area contributed by atoms with Crippen LogP contribution in [0.4, 0.5) is 0 Å². The summed E-state index contributed by atoms with van der Waals surface area (Å²) in [6.07, 6.45) is 5.89. The van der Waals surface area contributed by atoms with Crippen molar-refractivity contribution in [2.24, 2.45) is 5.92 Å². The number of nitrogens with one attached hydrogen (secondary N) is 1. The fourth-order valence-corrected chi connectivity index (χ4v) is 3.47. The molecule has 7 heteroatoms. The maximum Gasteiger partial charge on any atom is 0.274 e. The van der Waals surface area contributed by atoms with E-state index < -0.39 is 0 Å². The van der Waals surface area contributed by atoms with E-state index in [4.69, 9.17) is 4.74 Å². The SMILES string of the molecule is COCC1CCCN(C(=O)c2cc(Cn3ccnc3C(C)C)[nH]n2)C1. The molecule has 2 aromatic rings. The lowest BCUT2D eigenvalue weighted by atomic mass is 9.99. The summed E-state index contributed by atoms with van der Waals surface area (Å²) in [5.74, 6) is 1.80. The van der Waals surface area contributed by atoms with Gasteiger partial charge in [0.05, 0.1) is 18.8 Å². The van der Waals surface area contributed by atoms with E-state index in [1.54, 1.807) is 13.3 Å². The van der Waals surface area contributed by atoms with Crippen LogP contribution in [-0.2, 0) is 11.3 Å². The minimum atomic E-state index is -0.00184. The molecular weight excluding hydrogens is 318 g/mol. The molecule has 1 fully saturated rings. The van der Waals surface area contributed by atoms with Crippen LogP contribution < -0.4 is 0 Å². The monoisotopic (exact) mass is 345 g/mol. The third kappa shape index (κ3) is 4.10. The average molecular weight is 345 g/mol. The number of hydrogen-bond donors (Lipinski definition) is 1. The summed E-state index contributed by atoms with van der Waals surface area (Å²) in [6.45, 7) is 7.11. The molecule has 0 aromatic carbocycles. The van der Waals surface area contributed by atoms with E-state index in [2.05, 4.69) is 33.6 Å². The molecule has 0 aliphatic carbocycles. The van der Waals surface area contributed by atoms with Gasteiger partial charge in [-0.05, 0) is 24.8 Å². The summed E-state index contributed by atoms with van der Waals surface area (Å²) in [5, 5.41) is 7.23. The number of carbonyl (C=O) groups excluding carboxylic acids is 1. The molecule has 3 rings (SSSR count). The van der Waals surface area contributed by atoms with Crippen molar-refractivity contribution < 1.29 is 9.53 Å². The summed E-state index contributed by atoms with van der Waals surface area (Å²) < 4.78 is 7.33. The molecule has 1 amide bonds. The molecule has 136 valence electrons. The van der Waals surface area contributed by atoms with Crippen molar-refractivity contribution in [3.63, 3.8) is 0 Å². The van der Waals surface area contributed by atoms with E-state index in [-0.39, 0.29) is 5.91 Å². The molecule has 0 radical (unpaired) electrons. The topological polar surface area (TPSA) is 76.0 Å². The number of aromatic amines is 1. The summed E-state index contributed by atoms with van der Waals surface area (Å²) in [6, 6.07) is 1.85. The zero-order valence-corrected chi connectivity index (χ0v) is 15.2. The molecule has 25 heavy (non-hydrogen) atoms. The van der Waals surface area contributed by atoms with Crippen LogP contribution >= 0.6 is 0 Å². The standard InChI is InChI=1S/C18H27N5O2/c1-13(2)17-19-6-8-22(17)11-15-9-16(21-20-15)18(24)23-7-4-5-14(10-23)12-25-3/h6,8-9,13-14H,4-5,7,10-12H2,1-3H3,(H,20,21). The average Bonchev–Trinajstić information content (AvgIpc) is 3.25. The zero-order valence-electron chi connectivity index (χ0n) is 15.2. The third-order valence-electron chi connectivity index (χ3n) is 4.66. The molecule has 0 spiro atoms. The van der Waals surface area contributed by atoms with Crippen molar-refractivity contribution in [1.29, 1.82) is 0 Å². The minimum Gasteiger partial charge on any atom is -0.384 e.